The summed E-state index contributed by atoms with van der Waals surface area (Å²) in [6.45, 7) is 4.93. The fourth-order valence-corrected chi connectivity index (χ4v) is 2.99. The highest BCUT2D eigenvalue weighted by Gasteiger charge is 2.28. The monoisotopic (exact) mass is 314 g/mol. The number of pyridine rings is 1. The maximum absolute atomic E-state index is 12.8. The van der Waals surface area contributed by atoms with Crippen molar-refractivity contribution in [3.05, 3.63) is 35.5 Å². The molecule has 1 aromatic heterocycles. The number of carbonyl (C=O) groups excluding carboxylic acids is 1. The number of nitrogens with zero attached hydrogens (tertiary/aromatic N) is 2. The van der Waals surface area contributed by atoms with E-state index in [-0.39, 0.29) is 11.8 Å². The summed E-state index contributed by atoms with van der Waals surface area (Å²) < 4.78 is 5.21. The van der Waals surface area contributed by atoms with Crippen molar-refractivity contribution in [2.24, 2.45) is 5.92 Å². The number of ether oxygens (including phenoxy) is 1. The van der Waals surface area contributed by atoms with E-state index < -0.39 is 6.10 Å². The van der Waals surface area contributed by atoms with Crippen LogP contribution in [0.3, 0.4) is 0 Å². The molecule has 1 N–H and O–H groups in total. The van der Waals surface area contributed by atoms with Crippen LogP contribution in [0, 0.1) is 12.8 Å². The molecule has 3 rings (SSSR count). The van der Waals surface area contributed by atoms with E-state index in [4.69, 9.17) is 4.74 Å². The van der Waals surface area contributed by atoms with Crippen LogP contribution in [0.4, 0.5) is 0 Å². The lowest BCUT2D eigenvalue weighted by Crippen LogP contribution is -2.46. The normalized spacial score (nSPS) is 21.5. The Morgan fingerprint density at radius 1 is 1.39 bits per heavy atom. The summed E-state index contributed by atoms with van der Waals surface area (Å²) in [5.74, 6) is 0.928. The van der Waals surface area contributed by atoms with Crippen LogP contribution in [0.15, 0.2) is 24.3 Å². The molecule has 2 unspecified atom stereocenters. The van der Waals surface area contributed by atoms with E-state index in [1.165, 1.54) is 0 Å². The fraction of sp³-hybridized carbons (Fsp3) is 0.444. The van der Waals surface area contributed by atoms with Crippen LogP contribution < -0.4 is 4.74 Å². The first kappa shape index (κ1) is 15.7. The van der Waals surface area contributed by atoms with Gasteiger partial charge in [0.25, 0.3) is 5.91 Å². The zero-order valence-electron chi connectivity index (χ0n) is 13.7. The summed E-state index contributed by atoms with van der Waals surface area (Å²) in [5, 5.41) is 10.9. The number of aryl methyl sites for hydroxylation is 1. The first-order valence-corrected chi connectivity index (χ1v) is 7.92. The van der Waals surface area contributed by atoms with Crippen molar-refractivity contribution >= 4 is 16.8 Å². The number of hydrogen-bond acceptors (Lipinski definition) is 4. The molecule has 122 valence electrons. The van der Waals surface area contributed by atoms with Gasteiger partial charge in [-0.1, -0.05) is 6.92 Å². The summed E-state index contributed by atoms with van der Waals surface area (Å²) in [4.78, 5) is 19.1. The van der Waals surface area contributed by atoms with Gasteiger partial charge in [-0.3, -0.25) is 9.78 Å². The van der Waals surface area contributed by atoms with E-state index in [1.54, 1.807) is 12.0 Å². The second-order valence-electron chi connectivity index (χ2n) is 6.26. The third kappa shape index (κ3) is 3.01. The molecular weight excluding hydrogens is 292 g/mol. The van der Waals surface area contributed by atoms with Crippen molar-refractivity contribution < 1.29 is 14.6 Å². The number of piperidine rings is 1. The maximum atomic E-state index is 12.8. The summed E-state index contributed by atoms with van der Waals surface area (Å²) in [6.07, 6.45) is 0.371. The van der Waals surface area contributed by atoms with Crippen LogP contribution in [-0.2, 0) is 0 Å². The van der Waals surface area contributed by atoms with Gasteiger partial charge >= 0.3 is 0 Å². The summed E-state index contributed by atoms with van der Waals surface area (Å²) in [5.41, 5.74) is 2.11. The molecule has 0 spiro atoms. The Bertz CT molecular complexity index is 744. The molecule has 5 heteroatoms. The van der Waals surface area contributed by atoms with E-state index in [1.807, 2.05) is 38.1 Å². The van der Waals surface area contributed by atoms with Gasteiger partial charge in [-0.05, 0) is 37.5 Å². The van der Waals surface area contributed by atoms with Crippen molar-refractivity contribution in [3.8, 4) is 5.75 Å². The number of amides is 1. The maximum Gasteiger partial charge on any atom is 0.255 e. The molecule has 0 radical (unpaired) electrons. The van der Waals surface area contributed by atoms with Gasteiger partial charge in [0.2, 0.25) is 0 Å². The fourth-order valence-electron chi connectivity index (χ4n) is 2.99. The third-order valence-corrected chi connectivity index (χ3v) is 4.65. The highest BCUT2D eigenvalue weighted by molar-refractivity contribution is 5.98. The standard InChI is InChI=1S/C18H22N2O3/c1-11-6-7-20(10-17(11)21)18(22)15-8-13-4-5-14(23-3)9-16(13)19-12(15)2/h4-5,8-9,11,17,21H,6-7,10H2,1-3H3. The summed E-state index contributed by atoms with van der Waals surface area (Å²) >= 11 is 0. The van der Waals surface area contributed by atoms with Crippen LogP contribution in [0.5, 0.6) is 5.75 Å². The molecule has 2 heterocycles. The molecule has 1 amide bonds. The molecule has 5 nitrogen and oxygen atoms in total. The number of aliphatic hydroxyl groups excluding tert-OH is 1. The zero-order chi connectivity index (χ0) is 16.6. The third-order valence-electron chi connectivity index (χ3n) is 4.65. The Balaban J connectivity index is 1.93. The molecule has 0 bridgehead atoms. The molecule has 1 aliphatic heterocycles. The lowest BCUT2D eigenvalue weighted by atomic mass is 9.95. The van der Waals surface area contributed by atoms with Crippen LogP contribution in [0.1, 0.15) is 29.4 Å². The Morgan fingerprint density at radius 2 is 2.17 bits per heavy atom. The predicted molar refractivity (Wildman–Crippen MR) is 88.7 cm³/mol. The van der Waals surface area contributed by atoms with Gasteiger partial charge in [-0.25, -0.2) is 0 Å². The zero-order valence-corrected chi connectivity index (χ0v) is 13.7. The van der Waals surface area contributed by atoms with Gasteiger partial charge in [0.15, 0.2) is 0 Å². The van der Waals surface area contributed by atoms with E-state index in [0.717, 1.165) is 23.1 Å². The first-order valence-electron chi connectivity index (χ1n) is 7.92. The van der Waals surface area contributed by atoms with Gasteiger partial charge in [0.1, 0.15) is 5.75 Å². The first-order chi connectivity index (χ1) is 11.0. The molecule has 2 atom stereocenters. The molecule has 0 saturated carbocycles. The highest BCUT2D eigenvalue weighted by atomic mass is 16.5. The number of fused-ring (bicyclic) bond motifs is 1. The average molecular weight is 314 g/mol. The van der Waals surface area contributed by atoms with Gasteiger partial charge in [-0.15, -0.1) is 0 Å². The molecule has 23 heavy (non-hydrogen) atoms. The minimum absolute atomic E-state index is 0.0568. The quantitative estimate of drug-likeness (QED) is 0.924. The number of methoxy groups -OCH3 is 1. The van der Waals surface area contributed by atoms with Gasteiger partial charge in [0, 0.05) is 24.5 Å². The molecule has 1 aromatic carbocycles. The molecule has 1 fully saturated rings. The second-order valence-corrected chi connectivity index (χ2v) is 6.26. The van der Waals surface area contributed by atoms with Crippen molar-refractivity contribution in [2.45, 2.75) is 26.4 Å². The molecule has 0 aliphatic carbocycles. The summed E-state index contributed by atoms with van der Waals surface area (Å²) in [6, 6.07) is 7.51. The minimum atomic E-state index is -0.453. The van der Waals surface area contributed by atoms with Crippen LogP contribution in [-0.4, -0.2) is 47.2 Å². The van der Waals surface area contributed by atoms with E-state index >= 15 is 0 Å². The molecular formula is C18H22N2O3. The van der Waals surface area contributed by atoms with Crippen molar-refractivity contribution in [2.75, 3.05) is 20.2 Å². The SMILES string of the molecule is COc1ccc2cc(C(=O)N3CCC(C)C(O)C3)c(C)nc2c1. The van der Waals surface area contributed by atoms with Gasteiger partial charge in [0.05, 0.1) is 30.0 Å². The summed E-state index contributed by atoms with van der Waals surface area (Å²) in [7, 11) is 1.62. The Labute approximate surface area is 135 Å². The van der Waals surface area contributed by atoms with Crippen molar-refractivity contribution in [3.63, 3.8) is 0 Å². The smallest absolute Gasteiger partial charge is 0.255 e. The number of aromatic nitrogens is 1. The Morgan fingerprint density at radius 3 is 2.87 bits per heavy atom. The largest absolute Gasteiger partial charge is 0.497 e. The van der Waals surface area contributed by atoms with Gasteiger partial charge < -0.3 is 14.7 Å². The molecule has 1 aliphatic rings. The molecule has 2 aromatic rings. The topological polar surface area (TPSA) is 62.7 Å². The van der Waals surface area contributed by atoms with Crippen LogP contribution >= 0.6 is 0 Å². The highest BCUT2D eigenvalue weighted by Crippen LogP contribution is 2.24. The number of benzene rings is 1. The predicted octanol–water partition coefficient (Wildman–Crippen LogP) is 2.39. The second kappa shape index (κ2) is 6.16. The van der Waals surface area contributed by atoms with E-state index in [0.29, 0.717) is 24.3 Å². The number of aliphatic hydroxyl groups is 1. The Hall–Kier alpha value is -2.14. The van der Waals surface area contributed by atoms with E-state index in [2.05, 4.69) is 4.98 Å². The molecule has 1 saturated heterocycles. The van der Waals surface area contributed by atoms with Gasteiger partial charge in [-0.2, -0.15) is 0 Å². The minimum Gasteiger partial charge on any atom is -0.497 e. The lowest BCUT2D eigenvalue weighted by Gasteiger charge is -2.34. The lowest BCUT2D eigenvalue weighted by molar-refractivity contribution is 0.0248. The van der Waals surface area contributed by atoms with Crippen molar-refractivity contribution in [1.82, 2.24) is 9.88 Å². The number of likely N-dealkylation sites (tertiary alicyclic amines) is 1. The van der Waals surface area contributed by atoms with Crippen LogP contribution in [0.2, 0.25) is 0 Å². The van der Waals surface area contributed by atoms with Crippen molar-refractivity contribution in [1.29, 1.82) is 0 Å². The average Bonchev–Trinajstić information content (AvgIpc) is 2.55. The number of β-amino-alcohol motifs (C(OH)–C–C–N with tert-alkyl or cyclic N) is 1. The Kier molecular flexibility index (Phi) is 4.22. The van der Waals surface area contributed by atoms with E-state index in [9.17, 15) is 9.90 Å². The number of carbonyl (C=O) groups is 1. The van der Waals surface area contributed by atoms with Crippen LogP contribution in [0.25, 0.3) is 10.9 Å². The number of rotatable bonds is 2. The number of hydrogen-bond donors (Lipinski definition) is 1.